The van der Waals surface area contributed by atoms with Gasteiger partial charge in [-0.05, 0) is 41.8 Å². The molecule has 0 aliphatic rings. The van der Waals surface area contributed by atoms with E-state index in [-0.39, 0.29) is 29.8 Å². The number of anilines is 1. The van der Waals surface area contributed by atoms with E-state index in [0.717, 1.165) is 10.4 Å². The highest BCUT2D eigenvalue weighted by molar-refractivity contribution is 7.89. The van der Waals surface area contributed by atoms with Crippen molar-refractivity contribution in [3.63, 3.8) is 0 Å². The molecule has 2 heterocycles. The Morgan fingerprint density at radius 3 is 2.46 bits per heavy atom. The van der Waals surface area contributed by atoms with Crippen LogP contribution in [0.5, 0.6) is 0 Å². The summed E-state index contributed by atoms with van der Waals surface area (Å²) in [6, 6.07) is 11.8. The van der Waals surface area contributed by atoms with Crippen LogP contribution in [0, 0.1) is 5.92 Å². The van der Waals surface area contributed by atoms with Crippen LogP contribution >= 0.6 is 11.3 Å². The number of hydrogen-bond acceptors (Lipinski definition) is 5. The first-order valence-corrected chi connectivity index (χ1v) is 11.1. The first kappa shape index (κ1) is 20.3. The van der Waals surface area contributed by atoms with Crippen molar-refractivity contribution >= 4 is 33.0 Å². The third-order valence-corrected chi connectivity index (χ3v) is 6.80. The summed E-state index contributed by atoms with van der Waals surface area (Å²) in [5, 5.41) is 4.68. The fraction of sp³-hybridized carbons (Fsp3) is 0.250. The summed E-state index contributed by atoms with van der Waals surface area (Å²) in [6.45, 7) is 4.08. The van der Waals surface area contributed by atoms with E-state index in [4.69, 9.17) is 4.42 Å². The van der Waals surface area contributed by atoms with Gasteiger partial charge in [-0.1, -0.05) is 19.9 Å². The van der Waals surface area contributed by atoms with Crippen molar-refractivity contribution in [2.45, 2.75) is 31.8 Å². The average Bonchev–Trinajstić information content (AvgIpc) is 3.35. The zero-order valence-electron chi connectivity index (χ0n) is 15.7. The molecular weight excluding hydrogens is 396 g/mol. The molecule has 1 aromatic carbocycles. The van der Waals surface area contributed by atoms with Gasteiger partial charge in [0.25, 0.3) is 0 Å². The number of benzene rings is 1. The lowest BCUT2D eigenvalue weighted by atomic mass is 10.2. The molecule has 3 rings (SSSR count). The molecule has 1 amide bonds. The minimum Gasteiger partial charge on any atom is -0.472 e. The van der Waals surface area contributed by atoms with Crippen LogP contribution in [0.4, 0.5) is 5.69 Å². The maximum atomic E-state index is 13.2. The van der Waals surface area contributed by atoms with Crippen molar-refractivity contribution in [1.82, 2.24) is 4.31 Å². The molecule has 3 aromatic rings. The standard InChI is InChI=1S/C20H22N2O4S2/c1-15(2)20(23)21-17-5-7-19(8-6-17)28(24,25)22(12-16-9-10-26-14-16)13-18-4-3-11-27-18/h3-11,14-15H,12-13H2,1-2H3,(H,21,23). The van der Waals surface area contributed by atoms with E-state index in [1.807, 2.05) is 17.5 Å². The molecule has 0 radical (unpaired) electrons. The van der Waals surface area contributed by atoms with Crippen molar-refractivity contribution in [3.05, 3.63) is 70.8 Å². The van der Waals surface area contributed by atoms with Crippen molar-refractivity contribution in [1.29, 1.82) is 0 Å². The smallest absolute Gasteiger partial charge is 0.243 e. The van der Waals surface area contributed by atoms with E-state index in [0.29, 0.717) is 5.69 Å². The SMILES string of the molecule is CC(C)C(=O)Nc1ccc(S(=O)(=O)N(Cc2ccoc2)Cc2cccs2)cc1. The van der Waals surface area contributed by atoms with Gasteiger partial charge in [-0.2, -0.15) is 4.31 Å². The van der Waals surface area contributed by atoms with E-state index in [2.05, 4.69) is 5.32 Å². The summed E-state index contributed by atoms with van der Waals surface area (Å²) >= 11 is 1.51. The van der Waals surface area contributed by atoms with Gasteiger partial charge in [0, 0.05) is 35.1 Å². The summed E-state index contributed by atoms with van der Waals surface area (Å²) < 4.78 is 33.0. The summed E-state index contributed by atoms with van der Waals surface area (Å²) in [4.78, 5) is 12.9. The summed E-state index contributed by atoms with van der Waals surface area (Å²) in [5.74, 6) is -0.269. The number of amides is 1. The Morgan fingerprint density at radius 2 is 1.89 bits per heavy atom. The number of carbonyl (C=O) groups is 1. The van der Waals surface area contributed by atoms with Crippen LogP contribution in [0.1, 0.15) is 24.3 Å². The van der Waals surface area contributed by atoms with Crippen LogP contribution in [0.15, 0.2) is 69.7 Å². The minimum absolute atomic E-state index is 0.116. The Kier molecular flexibility index (Phi) is 6.33. The number of hydrogen-bond donors (Lipinski definition) is 1. The third kappa shape index (κ3) is 4.89. The van der Waals surface area contributed by atoms with Crippen LogP contribution in [-0.4, -0.2) is 18.6 Å². The van der Waals surface area contributed by atoms with Crippen molar-refractivity contribution in [2.24, 2.45) is 5.92 Å². The molecule has 6 nitrogen and oxygen atoms in total. The number of rotatable bonds is 8. The van der Waals surface area contributed by atoms with Gasteiger partial charge in [0.15, 0.2) is 0 Å². The van der Waals surface area contributed by atoms with Gasteiger partial charge in [-0.3, -0.25) is 4.79 Å². The maximum absolute atomic E-state index is 13.2. The predicted molar refractivity (Wildman–Crippen MR) is 109 cm³/mol. The number of nitrogens with one attached hydrogen (secondary N) is 1. The number of thiophene rings is 1. The monoisotopic (exact) mass is 418 g/mol. The van der Waals surface area contributed by atoms with Crippen LogP contribution in [0.25, 0.3) is 0 Å². The van der Waals surface area contributed by atoms with Gasteiger partial charge in [0.05, 0.1) is 17.4 Å². The molecule has 0 fully saturated rings. The molecule has 28 heavy (non-hydrogen) atoms. The summed E-state index contributed by atoms with van der Waals surface area (Å²) in [6.07, 6.45) is 3.07. The highest BCUT2D eigenvalue weighted by Gasteiger charge is 2.25. The molecule has 0 atom stereocenters. The highest BCUT2D eigenvalue weighted by atomic mass is 32.2. The van der Waals surface area contributed by atoms with Gasteiger partial charge in [-0.15, -0.1) is 11.3 Å². The maximum Gasteiger partial charge on any atom is 0.243 e. The predicted octanol–water partition coefficient (Wildman–Crippen LogP) is 4.33. The zero-order chi connectivity index (χ0) is 20.1. The quantitative estimate of drug-likeness (QED) is 0.591. The second kappa shape index (κ2) is 8.72. The Hall–Kier alpha value is -2.42. The average molecular weight is 419 g/mol. The second-order valence-electron chi connectivity index (χ2n) is 6.65. The molecule has 2 aromatic heterocycles. The molecule has 0 aliphatic heterocycles. The number of nitrogens with zero attached hydrogens (tertiary/aromatic N) is 1. The molecule has 0 saturated carbocycles. The van der Waals surface area contributed by atoms with Crippen LogP contribution in [0.3, 0.4) is 0 Å². The van der Waals surface area contributed by atoms with Crippen molar-refractivity contribution in [3.8, 4) is 0 Å². The topological polar surface area (TPSA) is 79.6 Å². The second-order valence-corrected chi connectivity index (χ2v) is 9.62. The summed E-state index contributed by atoms with van der Waals surface area (Å²) in [5.41, 5.74) is 1.35. The lowest BCUT2D eigenvalue weighted by Crippen LogP contribution is -2.30. The molecule has 1 N–H and O–H groups in total. The molecule has 0 saturated heterocycles. The Morgan fingerprint density at radius 1 is 1.14 bits per heavy atom. The van der Waals surface area contributed by atoms with Gasteiger partial charge < -0.3 is 9.73 Å². The van der Waals surface area contributed by atoms with Crippen LogP contribution < -0.4 is 5.32 Å². The van der Waals surface area contributed by atoms with Crippen molar-refractivity contribution in [2.75, 3.05) is 5.32 Å². The summed E-state index contributed by atoms with van der Waals surface area (Å²) in [7, 11) is -3.73. The normalized spacial score (nSPS) is 11.9. The van der Waals surface area contributed by atoms with E-state index >= 15 is 0 Å². The molecular formula is C20H22N2O4S2. The number of carbonyl (C=O) groups excluding carboxylic acids is 1. The van der Waals surface area contributed by atoms with Gasteiger partial charge in [0.2, 0.25) is 15.9 Å². The Labute approximate surface area is 168 Å². The lowest BCUT2D eigenvalue weighted by molar-refractivity contribution is -0.118. The first-order valence-electron chi connectivity index (χ1n) is 8.81. The lowest BCUT2D eigenvalue weighted by Gasteiger charge is -2.21. The Bertz CT molecular complexity index is 957. The van der Waals surface area contributed by atoms with Gasteiger partial charge >= 0.3 is 0 Å². The molecule has 0 bridgehead atoms. The van der Waals surface area contributed by atoms with Crippen LogP contribution in [0.2, 0.25) is 0 Å². The minimum atomic E-state index is -3.73. The number of furan rings is 1. The van der Waals surface area contributed by atoms with E-state index in [9.17, 15) is 13.2 Å². The van der Waals surface area contributed by atoms with E-state index in [1.54, 1.807) is 38.3 Å². The fourth-order valence-electron chi connectivity index (χ4n) is 2.53. The molecule has 0 unspecified atom stereocenters. The van der Waals surface area contributed by atoms with Gasteiger partial charge in [0.1, 0.15) is 0 Å². The fourth-order valence-corrected chi connectivity index (χ4v) is 4.74. The number of sulfonamides is 1. The highest BCUT2D eigenvalue weighted by Crippen LogP contribution is 2.24. The van der Waals surface area contributed by atoms with E-state index < -0.39 is 10.0 Å². The molecule has 0 aliphatic carbocycles. The van der Waals surface area contributed by atoms with Gasteiger partial charge in [-0.25, -0.2) is 8.42 Å². The molecule has 8 heteroatoms. The molecule has 0 spiro atoms. The zero-order valence-corrected chi connectivity index (χ0v) is 17.3. The Balaban J connectivity index is 1.84. The van der Waals surface area contributed by atoms with E-state index in [1.165, 1.54) is 34.0 Å². The third-order valence-electron chi connectivity index (χ3n) is 4.14. The first-order chi connectivity index (χ1) is 13.4. The molecule has 148 valence electrons. The largest absolute Gasteiger partial charge is 0.472 e. The van der Waals surface area contributed by atoms with Crippen molar-refractivity contribution < 1.29 is 17.6 Å². The van der Waals surface area contributed by atoms with Crippen LogP contribution in [-0.2, 0) is 27.9 Å².